The molecule has 0 radical (unpaired) electrons. The third kappa shape index (κ3) is 3.48. The molecule has 0 amide bonds. The molecule has 0 heterocycles. The summed E-state index contributed by atoms with van der Waals surface area (Å²) in [7, 11) is 1.70. The molecule has 1 aromatic rings. The summed E-state index contributed by atoms with van der Waals surface area (Å²) < 4.78 is 5.28. The monoisotopic (exact) mass is 260 g/mol. The Morgan fingerprint density at radius 3 is 2.74 bits per heavy atom. The number of hydrogen-bond donors (Lipinski definition) is 1. The first-order chi connectivity index (χ1) is 9.26. The van der Waals surface area contributed by atoms with Crippen molar-refractivity contribution in [1.29, 1.82) is 0 Å². The number of rotatable bonds is 7. The molecule has 0 aromatic heterocycles. The second kappa shape index (κ2) is 5.51. The van der Waals surface area contributed by atoms with E-state index in [1.807, 2.05) is 12.1 Å². The molecule has 3 heteroatoms. The van der Waals surface area contributed by atoms with Gasteiger partial charge in [-0.15, -0.1) is 0 Å². The van der Waals surface area contributed by atoms with E-state index < -0.39 is 0 Å². The van der Waals surface area contributed by atoms with Gasteiger partial charge in [0.25, 0.3) is 0 Å². The molecule has 2 saturated carbocycles. The van der Waals surface area contributed by atoms with Crippen LogP contribution in [-0.2, 0) is 0 Å². The molecule has 104 valence electrons. The van der Waals surface area contributed by atoms with Crippen LogP contribution in [0.2, 0.25) is 0 Å². The SMILES string of the molecule is COc1cccc(C(N)CN(CC2CC2)C2CC2)c1. The average molecular weight is 260 g/mol. The molecule has 0 saturated heterocycles. The van der Waals surface area contributed by atoms with E-state index in [-0.39, 0.29) is 6.04 Å². The van der Waals surface area contributed by atoms with Gasteiger partial charge in [-0.2, -0.15) is 0 Å². The highest BCUT2D eigenvalue weighted by atomic mass is 16.5. The van der Waals surface area contributed by atoms with Gasteiger partial charge in [-0.3, -0.25) is 4.90 Å². The van der Waals surface area contributed by atoms with E-state index in [1.165, 1.54) is 37.8 Å². The molecule has 2 N–H and O–H groups in total. The van der Waals surface area contributed by atoms with Crippen molar-refractivity contribution in [3.63, 3.8) is 0 Å². The van der Waals surface area contributed by atoms with Gasteiger partial charge in [-0.25, -0.2) is 0 Å². The van der Waals surface area contributed by atoms with Crippen LogP contribution < -0.4 is 10.5 Å². The lowest BCUT2D eigenvalue weighted by Crippen LogP contribution is -2.35. The van der Waals surface area contributed by atoms with Crippen LogP contribution in [0.25, 0.3) is 0 Å². The van der Waals surface area contributed by atoms with Crippen molar-refractivity contribution in [2.24, 2.45) is 11.7 Å². The fraction of sp³-hybridized carbons (Fsp3) is 0.625. The molecular weight excluding hydrogens is 236 g/mol. The summed E-state index contributed by atoms with van der Waals surface area (Å²) in [5, 5.41) is 0. The standard InChI is InChI=1S/C16H24N2O/c1-19-15-4-2-3-13(9-15)16(17)11-18(14-7-8-14)10-12-5-6-12/h2-4,9,12,14,16H,5-8,10-11,17H2,1H3. The summed E-state index contributed by atoms with van der Waals surface area (Å²) in [6.07, 6.45) is 5.55. The van der Waals surface area contributed by atoms with E-state index in [4.69, 9.17) is 10.5 Å². The fourth-order valence-electron chi connectivity index (χ4n) is 2.67. The topological polar surface area (TPSA) is 38.5 Å². The third-order valence-corrected chi connectivity index (χ3v) is 4.21. The summed E-state index contributed by atoms with van der Waals surface area (Å²) in [6.45, 7) is 2.23. The molecule has 0 aliphatic heterocycles. The van der Waals surface area contributed by atoms with Crippen LogP contribution in [0.3, 0.4) is 0 Å². The maximum absolute atomic E-state index is 6.38. The second-order valence-electron chi connectivity index (χ2n) is 6.01. The Morgan fingerprint density at radius 1 is 1.32 bits per heavy atom. The van der Waals surface area contributed by atoms with Crippen LogP contribution in [0.1, 0.15) is 37.3 Å². The zero-order valence-electron chi connectivity index (χ0n) is 11.7. The Morgan fingerprint density at radius 2 is 2.11 bits per heavy atom. The van der Waals surface area contributed by atoms with Gasteiger partial charge in [-0.1, -0.05) is 12.1 Å². The minimum Gasteiger partial charge on any atom is -0.497 e. The van der Waals surface area contributed by atoms with Gasteiger partial charge >= 0.3 is 0 Å². The smallest absolute Gasteiger partial charge is 0.119 e. The van der Waals surface area contributed by atoms with E-state index in [0.717, 1.165) is 24.3 Å². The van der Waals surface area contributed by atoms with E-state index in [9.17, 15) is 0 Å². The summed E-state index contributed by atoms with van der Waals surface area (Å²) in [4.78, 5) is 2.61. The highest BCUT2D eigenvalue weighted by molar-refractivity contribution is 5.30. The van der Waals surface area contributed by atoms with Crippen LogP contribution in [-0.4, -0.2) is 31.1 Å². The molecule has 1 atom stereocenters. The van der Waals surface area contributed by atoms with Gasteiger partial charge in [0.1, 0.15) is 5.75 Å². The van der Waals surface area contributed by atoms with Gasteiger partial charge in [0, 0.05) is 25.2 Å². The lowest BCUT2D eigenvalue weighted by atomic mass is 10.1. The molecule has 2 aliphatic rings. The number of ether oxygens (including phenoxy) is 1. The van der Waals surface area contributed by atoms with Crippen molar-refractivity contribution in [3.8, 4) is 5.75 Å². The summed E-state index contributed by atoms with van der Waals surface area (Å²) in [5.41, 5.74) is 7.57. The van der Waals surface area contributed by atoms with Gasteiger partial charge in [0.05, 0.1) is 7.11 Å². The Bertz CT molecular complexity index is 427. The Hall–Kier alpha value is -1.06. The highest BCUT2D eigenvalue weighted by Gasteiger charge is 2.34. The number of methoxy groups -OCH3 is 1. The van der Waals surface area contributed by atoms with Gasteiger partial charge in [0.2, 0.25) is 0 Å². The molecule has 3 rings (SSSR count). The first kappa shape index (κ1) is 12.9. The van der Waals surface area contributed by atoms with Crippen LogP contribution in [0.15, 0.2) is 24.3 Å². The van der Waals surface area contributed by atoms with Crippen LogP contribution in [0, 0.1) is 5.92 Å². The largest absolute Gasteiger partial charge is 0.497 e. The lowest BCUT2D eigenvalue weighted by molar-refractivity contribution is 0.237. The normalized spacial score (nSPS) is 20.6. The average Bonchev–Trinajstić information content (AvgIpc) is 3.29. The predicted molar refractivity (Wildman–Crippen MR) is 77.2 cm³/mol. The molecule has 2 fully saturated rings. The second-order valence-corrected chi connectivity index (χ2v) is 6.01. The Labute approximate surface area is 115 Å². The minimum absolute atomic E-state index is 0.0921. The molecule has 19 heavy (non-hydrogen) atoms. The number of nitrogens with two attached hydrogens (primary N) is 1. The van der Waals surface area contributed by atoms with Gasteiger partial charge in [0.15, 0.2) is 0 Å². The van der Waals surface area contributed by atoms with Crippen molar-refractivity contribution < 1.29 is 4.74 Å². The van der Waals surface area contributed by atoms with E-state index in [1.54, 1.807) is 7.11 Å². The quantitative estimate of drug-likeness (QED) is 0.819. The lowest BCUT2D eigenvalue weighted by Gasteiger charge is -2.25. The van der Waals surface area contributed by atoms with E-state index in [2.05, 4.69) is 17.0 Å². The van der Waals surface area contributed by atoms with E-state index in [0.29, 0.717) is 0 Å². The summed E-state index contributed by atoms with van der Waals surface area (Å²) in [5.74, 6) is 1.84. The summed E-state index contributed by atoms with van der Waals surface area (Å²) >= 11 is 0. The number of nitrogens with zero attached hydrogens (tertiary/aromatic N) is 1. The fourth-order valence-corrected chi connectivity index (χ4v) is 2.67. The maximum atomic E-state index is 6.38. The summed E-state index contributed by atoms with van der Waals surface area (Å²) in [6, 6.07) is 9.06. The van der Waals surface area contributed by atoms with Crippen molar-refractivity contribution in [1.82, 2.24) is 4.90 Å². The Balaban J connectivity index is 1.62. The van der Waals surface area contributed by atoms with Crippen LogP contribution in [0.4, 0.5) is 0 Å². The first-order valence-corrected chi connectivity index (χ1v) is 7.40. The maximum Gasteiger partial charge on any atom is 0.119 e. The van der Waals surface area contributed by atoms with Crippen molar-refractivity contribution >= 4 is 0 Å². The first-order valence-electron chi connectivity index (χ1n) is 7.40. The molecule has 1 aromatic carbocycles. The zero-order valence-corrected chi connectivity index (χ0v) is 11.7. The van der Waals surface area contributed by atoms with E-state index >= 15 is 0 Å². The zero-order chi connectivity index (χ0) is 13.2. The van der Waals surface area contributed by atoms with Crippen molar-refractivity contribution in [3.05, 3.63) is 29.8 Å². The Kier molecular flexibility index (Phi) is 3.76. The molecule has 0 bridgehead atoms. The predicted octanol–water partition coefficient (Wildman–Crippen LogP) is 2.57. The molecular formula is C16H24N2O. The molecule has 0 spiro atoms. The minimum atomic E-state index is 0.0921. The highest BCUT2D eigenvalue weighted by Crippen LogP contribution is 2.35. The molecule has 2 aliphatic carbocycles. The third-order valence-electron chi connectivity index (χ3n) is 4.21. The van der Waals surface area contributed by atoms with Crippen molar-refractivity contribution in [2.75, 3.05) is 20.2 Å². The van der Waals surface area contributed by atoms with Gasteiger partial charge in [-0.05, 0) is 49.3 Å². The molecule has 1 unspecified atom stereocenters. The number of benzene rings is 1. The van der Waals surface area contributed by atoms with Crippen LogP contribution >= 0.6 is 0 Å². The van der Waals surface area contributed by atoms with Crippen molar-refractivity contribution in [2.45, 2.75) is 37.8 Å². The van der Waals surface area contributed by atoms with Crippen LogP contribution in [0.5, 0.6) is 5.75 Å². The number of hydrogen-bond acceptors (Lipinski definition) is 3. The van der Waals surface area contributed by atoms with Gasteiger partial charge < -0.3 is 10.5 Å². The molecule has 3 nitrogen and oxygen atoms in total.